The zero-order valence-corrected chi connectivity index (χ0v) is 11.7. The molecular formula is C16H16N2S. The summed E-state index contributed by atoms with van der Waals surface area (Å²) in [5.74, 6) is 0. The second-order valence-electron chi connectivity index (χ2n) is 4.47. The van der Waals surface area contributed by atoms with Crippen LogP contribution in [0.3, 0.4) is 0 Å². The fourth-order valence-corrected chi connectivity index (χ4v) is 2.88. The summed E-state index contributed by atoms with van der Waals surface area (Å²) in [6, 6.07) is 14.9. The van der Waals surface area contributed by atoms with E-state index in [1.165, 1.54) is 16.3 Å². The molecule has 0 amide bonds. The van der Waals surface area contributed by atoms with E-state index in [-0.39, 0.29) is 0 Å². The van der Waals surface area contributed by atoms with Crippen molar-refractivity contribution in [3.8, 4) is 11.3 Å². The first-order chi connectivity index (χ1) is 9.36. The summed E-state index contributed by atoms with van der Waals surface area (Å²) in [6.07, 6.45) is 0. The van der Waals surface area contributed by atoms with Crippen LogP contribution in [0.25, 0.3) is 22.0 Å². The normalized spacial score (nSPS) is 11.0. The van der Waals surface area contributed by atoms with Crippen LogP contribution in [-0.2, 0) is 6.54 Å². The van der Waals surface area contributed by atoms with Crippen molar-refractivity contribution in [1.29, 1.82) is 0 Å². The molecule has 19 heavy (non-hydrogen) atoms. The van der Waals surface area contributed by atoms with Gasteiger partial charge in [0.25, 0.3) is 0 Å². The van der Waals surface area contributed by atoms with Crippen LogP contribution in [0, 0.1) is 0 Å². The van der Waals surface area contributed by atoms with Gasteiger partial charge in [0.2, 0.25) is 0 Å². The van der Waals surface area contributed by atoms with Gasteiger partial charge in [-0.2, -0.15) is 0 Å². The lowest BCUT2D eigenvalue weighted by Crippen LogP contribution is -2.11. The predicted molar refractivity (Wildman–Crippen MR) is 82.4 cm³/mol. The summed E-state index contributed by atoms with van der Waals surface area (Å²) < 4.78 is 0. The third kappa shape index (κ3) is 2.67. The van der Waals surface area contributed by atoms with E-state index in [1.54, 1.807) is 11.3 Å². The largest absolute Gasteiger partial charge is 0.311 e. The summed E-state index contributed by atoms with van der Waals surface area (Å²) in [5.41, 5.74) is 2.27. The second kappa shape index (κ2) is 5.51. The van der Waals surface area contributed by atoms with Crippen LogP contribution in [0.15, 0.2) is 47.8 Å². The fourth-order valence-electron chi connectivity index (χ4n) is 2.11. The van der Waals surface area contributed by atoms with E-state index >= 15 is 0 Å². The smallest absolute Gasteiger partial charge is 0.107 e. The lowest BCUT2D eigenvalue weighted by atomic mass is 10.1. The van der Waals surface area contributed by atoms with Gasteiger partial charge in [0.05, 0.1) is 5.69 Å². The Bertz CT molecular complexity index is 688. The first-order valence-electron chi connectivity index (χ1n) is 6.51. The molecule has 0 saturated heterocycles. The number of hydrogen-bond donors (Lipinski definition) is 1. The quantitative estimate of drug-likeness (QED) is 0.771. The predicted octanol–water partition coefficient (Wildman–Crippen LogP) is 4.07. The Labute approximate surface area is 117 Å². The monoisotopic (exact) mass is 268 g/mol. The van der Waals surface area contributed by atoms with E-state index in [0.717, 1.165) is 23.8 Å². The molecule has 0 bridgehead atoms. The van der Waals surface area contributed by atoms with Crippen LogP contribution < -0.4 is 5.32 Å². The van der Waals surface area contributed by atoms with Gasteiger partial charge in [-0.3, -0.25) is 0 Å². The third-order valence-corrected chi connectivity index (χ3v) is 3.97. The van der Waals surface area contributed by atoms with E-state index in [9.17, 15) is 0 Å². The summed E-state index contributed by atoms with van der Waals surface area (Å²) in [5, 5.41) is 9.12. The Morgan fingerprint density at radius 1 is 1.11 bits per heavy atom. The van der Waals surface area contributed by atoms with E-state index in [0.29, 0.717) is 0 Å². The van der Waals surface area contributed by atoms with E-state index < -0.39 is 0 Å². The van der Waals surface area contributed by atoms with E-state index in [1.807, 2.05) is 0 Å². The molecule has 0 aliphatic carbocycles. The molecule has 3 rings (SSSR count). The molecule has 0 fully saturated rings. The van der Waals surface area contributed by atoms with Crippen molar-refractivity contribution in [1.82, 2.24) is 10.3 Å². The van der Waals surface area contributed by atoms with Gasteiger partial charge in [-0.25, -0.2) is 4.98 Å². The molecule has 0 unspecified atom stereocenters. The summed E-state index contributed by atoms with van der Waals surface area (Å²) in [7, 11) is 0. The molecule has 3 heteroatoms. The van der Waals surface area contributed by atoms with Gasteiger partial charge in [0, 0.05) is 17.5 Å². The van der Waals surface area contributed by atoms with Gasteiger partial charge in [0.1, 0.15) is 5.01 Å². The number of benzene rings is 2. The highest BCUT2D eigenvalue weighted by atomic mass is 32.1. The zero-order valence-electron chi connectivity index (χ0n) is 10.9. The molecule has 1 N–H and O–H groups in total. The first kappa shape index (κ1) is 12.3. The number of rotatable bonds is 4. The van der Waals surface area contributed by atoms with Crippen LogP contribution in [-0.4, -0.2) is 11.5 Å². The van der Waals surface area contributed by atoms with Crippen molar-refractivity contribution >= 4 is 22.1 Å². The molecule has 0 spiro atoms. The molecule has 2 nitrogen and oxygen atoms in total. The fraction of sp³-hybridized carbons (Fsp3) is 0.188. The van der Waals surface area contributed by atoms with Crippen LogP contribution in [0.2, 0.25) is 0 Å². The molecule has 3 aromatic rings. The summed E-state index contributed by atoms with van der Waals surface area (Å²) in [6.45, 7) is 3.94. The minimum atomic E-state index is 0.856. The SMILES string of the molecule is CCNCc1nc(-c2ccc3ccccc3c2)cs1. The number of fused-ring (bicyclic) bond motifs is 1. The molecule has 96 valence electrons. The molecular weight excluding hydrogens is 252 g/mol. The van der Waals surface area contributed by atoms with Gasteiger partial charge in [0.15, 0.2) is 0 Å². The molecule has 0 aliphatic heterocycles. The zero-order chi connectivity index (χ0) is 13.1. The lowest BCUT2D eigenvalue weighted by molar-refractivity contribution is 0.723. The van der Waals surface area contributed by atoms with Crippen LogP contribution in [0.5, 0.6) is 0 Å². The standard InChI is InChI=1S/C16H16N2S/c1-2-17-10-16-18-15(11-19-16)14-8-7-12-5-3-4-6-13(12)9-14/h3-9,11,17H,2,10H2,1H3. The average molecular weight is 268 g/mol. The highest BCUT2D eigenvalue weighted by Crippen LogP contribution is 2.25. The molecule has 1 heterocycles. The first-order valence-corrected chi connectivity index (χ1v) is 7.39. The van der Waals surface area contributed by atoms with E-state index in [4.69, 9.17) is 0 Å². The third-order valence-electron chi connectivity index (χ3n) is 3.12. The minimum absolute atomic E-state index is 0.856. The number of aromatic nitrogens is 1. The number of thiazole rings is 1. The Hall–Kier alpha value is -1.71. The van der Waals surface area contributed by atoms with Crippen molar-refractivity contribution in [3.63, 3.8) is 0 Å². The van der Waals surface area contributed by atoms with Gasteiger partial charge in [-0.15, -0.1) is 11.3 Å². The van der Waals surface area contributed by atoms with Crippen molar-refractivity contribution < 1.29 is 0 Å². The molecule has 1 aromatic heterocycles. The topological polar surface area (TPSA) is 24.9 Å². The van der Waals surface area contributed by atoms with Crippen molar-refractivity contribution in [3.05, 3.63) is 52.9 Å². The highest BCUT2D eigenvalue weighted by Gasteiger charge is 2.05. The number of hydrogen-bond acceptors (Lipinski definition) is 3. The molecule has 0 aliphatic rings. The van der Waals surface area contributed by atoms with Crippen LogP contribution >= 0.6 is 11.3 Å². The molecule has 2 aromatic carbocycles. The van der Waals surface area contributed by atoms with Gasteiger partial charge < -0.3 is 5.32 Å². The maximum atomic E-state index is 4.68. The summed E-state index contributed by atoms with van der Waals surface area (Å²) in [4.78, 5) is 4.68. The van der Waals surface area contributed by atoms with Gasteiger partial charge in [-0.05, 0) is 23.4 Å². The van der Waals surface area contributed by atoms with Crippen molar-refractivity contribution in [2.75, 3.05) is 6.54 Å². The second-order valence-corrected chi connectivity index (χ2v) is 5.41. The highest BCUT2D eigenvalue weighted by molar-refractivity contribution is 7.09. The Morgan fingerprint density at radius 2 is 1.95 bits per heavy atom. The molecule has 0 radical (unpaired) electrons. The maximum absolute atomic E-state index is 4.68. The minimum Gasteiger partial charge on any atom is -0.311 e. The van der Waals surface area contributed by atoms with Gasteiger partial charge >= 0.3 is 0 Å². The van der Waals surface area contributed by atoms with E-state index in [2.05, 4.69) is 65.1 Å². The molecule has 0 saturated carbocycles. The van der Waals surface area contributed by atoms with Crippen molar-refractivity contribution in [2.45, 2.75) is 13.5 Å². The lowest BCUT2D eigenvalue weighted by Gasteiger charge is -2.01. The van der Waals surface area contributed by atoms with Crippen LogP contribution in [0.1, 0.15) is 11.9 Å². The average Bonchev–Trinajstić information content (AvgIpc) is 2.93. The Morgan fingerprint density at radius 3 is 2.79 bits per heavy atom. The summed E-state index contributed by atoms with van der Waals surface area (Å²) >= 11 is 1.72. The Balaban J connectivity index is 1.92. The molecule has 0 atom stereocenters. The Kier molecular flexibility index (Phi) is 3.58. The van der Waals surface area contributed by atoms with Crippen molar-refractivity contribution in [2.24, 2.45) is 0 Å². The number of nitrogens with one attached hydrogen (secondary N) is 1. The number of nitrogens with zero attached hydrogens (tertiary/aromatic N) is 1. The van der Waals surface area contributed by atoms with Crippen LogP contribution in [0.4, 0.5) is 0 Å². The van der Waals surface area contributed by atoms with Gasteiger partial charge in [-0.1, -0.05) is 43.3 Å². The maximum Gasteiger partial charge on any atom is 0.107 e.